The Labute approximate surface area is 124 Å². The molecule has 1 unspecified atom stereocenters. The normalized spacial score (nSPS) is 18.7. The van der Waals surface area contributed by atoms with Gasteiger partial charge < -0.3 is 9.84 Å². The lowest BCUT2D eigenvalue weighted by atomic mass is 9.99. The average Bonchev–Trinajstić information content (AvgIpc) is 3.06. The van der Waals surface area contributed by atoms with E-state index in [0.29, 0.717) is 36.5 Å². The van der Waals surface area contributed by atoms with Gasteiger partial charge in [0.2, 0.25) is 5.91 Å². The second-order valence-electron chi connectivity index (χ2n) is 5.24. The van der Waals surface area contributed by atoms with E-state index >= 15 is 0 Å². The molecule has 1 fully saturated rings. The molecule has 9 heteroatoms. The lowest BCUT2D eigenvalue weighted by Gasteiger charge is -2.18. The van der Waals surface area contributed by atoms with E-state index in [9.17, 15) is 13.6 Å². The molecule has 3 heterocycles. The standard InChI is InChI=1S/C13H15F2N5O2/c1-7-9(5-20(18-7)6-10(14)15)13-17-12(19-22-13)8-2-3-11(21)16-4-8/h5,8,10H,2-4,6H2,1H3,(H,16,21). The predicted octanol–water partition coefficient (Wildman–Crippen LogP) is 1.50. The number of halogens is 2. The van der Waals surface area contributed by atoms with Crippen molar-refractivity contribution in [2.75, 3.05) is 6.54 Å². The van der Waals surface area contributed by atoms with Crippen LogP contribution in [0.4, 0.5) is 8.78 Å². The van der Waals surface area contributed by atoms with E-state index in [4.69, 9.17) is 4.52 Å². The minimum absolute atomic E-state index is 0.00613. The Kier molecular flexibility index (Phi) is 3.86. The highest BCUT2D eigenvalue weighted by Gasteiger charge is 2.25. The number of amides is 1. The lowest BCUT2D eigenvalue weighted by Crippen LogP contribution is -2.34. The monoisotopic (exact) mass is 311 g/mol. The van der Waals surface area contributed by atoms with Crippen LogP contribution >= 0.6 is 0 Å². The van der Waals surface area contributed by atoms with Crippen molar-refractivity contribution in [2.24, 2.45) is 0 Å². The molecule has 0 aromatic carbocycles. The van der Waals surface area contributed by atoms with E-state index in [0.717, 1.165) is 0 Å². The Hall–Kier alpha value is -2.32. The fraction of sp³-hybridized carbons (Fsp3) is 0.538. The molecule has 2 aromatic heterocycles. The maximum absolute atomic E-state index is 12.4. The van der Waals surface area contributed by atoms with E-state index in [1.165, 1.54) is 10.9 Å². The number of nitrogens with one attached hydrogen (secondary N) is 1. The van der Waals surface area contributed by atoms with E-state index in [2.05, 4.69) is 20.6 Å². The van der Waals surface area contributed by atoms with Crippen LogP contribution in [0.15, 0.2) is 10.7 Å². The second kappa shape index (κ2) is 5.82. The zero-order valence-electron chi connectivity index (χ0n) is 11.9. The summed E-state index contributed by atoms with van der Waals surface area (Å²) in [5.74, 6) is 0.789. The molecule has 0 aliphatic carbocycles. The van der Waals surface area contributed by atoms with Crippen molar-refractivity contribution in [1.29, 1.82) is 0 Å². The SMILES string of the molecule is Cc1nn(CC(F)F)cc1-c1nc(C2CCC(=O)NC2)no1. The number of aromatic nitrogens is 4. The van der Waals surface area contributed by atoms with Crippen LogP contribution in [-0.2, 0) is 11.3 Å². The Morgan fingerprint density at radius 3 is 3.05 bits per heavy atom. The van der Waals surface area contributed by atoms with Crippen molar-refractivity contribution in [2.45, 2.75) is 38.7 Å². The van der Waals surface area contributed by atoms with Gasteiger partial charge in [-0.15, -0.1) is 0 Å². The van der Waals surface area contributed by atoms with Crippen molar-refractivity contribution >= 4 is 5.91 Å². The fourth-order valence-electron chi connectivity index (χ4n) is 2.43. The van der Waals surface area contributed by atoms with Gasteiger partial charge >= 0.3 is 0 Å². The average molecular weight is 311 g/mol. The van der Waals surface area contributed by atoms with Crippen molar-refractivity contribution in [3.63, 3.8) is 0 Å². The molecule has 0 saturated carbocycles. The first-order chi connectivity index (χ1) is 10.5. The van der Waals surface area contributed by atoms with Gasteiger partial charge in [0.05, 0.1) is 11.3 Å². The third-order valence-electron chi connectivity index (χ3n) is 3.57. The van der Waals surface area contributed by atoms with Crippen LogP contribution in [0.1, 0.15) is 30.3 Å². The summed E-state index contributed by atoms with van der Waals surface area (Å²) in [7, 11) is 0. The molecule has 0 spiro atoms. The molecule has 0 radical (unpaired) electrons. The van der Waals surface area contributed by atoms with Crippen LogP contribution < -0.4 is 5.32 Å². The van der Waals surface area contributed by atoms with Crippen molar-refractivity contribution in [3.8, 4) is 11.5 Å². The molecule has 118 valence electrons. The highest BCUT2D eigenvalue weighted by molar-refractivity contribution is 5.76. The topological polar surface area (TPSA) is 85.8 Å². The van der Waals surface area contributed by atoms with Crippen molar-refractivity contribution < 1.29 is 18.1 Å². The summed E-state index contributed by atoms with van der Waals surface area (Å²) in [5.41, 5.74) is 1.09. The zero-order valence-corrected chi connectivity index (χ0v) is 11.9. The zero-order chi connectivity index (χ0) is 15.7. The highest BCUT2D eigenvalue weighted by atomic mass is 19.3. The molecular weight excluding hydrogens is 296 g/mol. The number of aryl methyl sites for hydroxylation is 1. The molecule has 7 nitrogen and oxygen atoms in total. The van der Waals surface area contributed by atoms with Crippen molar-refractivity contribution in [3.05, 3.63) is 17.7 Å². The second-order valence-corrected chi connectivity index (χ2v) is 5.24. The summed E-state index contributed by atoms with van der Waals surface area (Å²) < 4.78 is 31.2. The summed E-state index contributed by atoms with van der Waals surface area (Å²) in [6.07, 6.45) is 0.0895. The maximum Gasteiger partial charge on any atom is 0.261 e. The van der Waals surface area contributed by atoms with E-state index < -0.39 is 13.0 Å². The van der Waals surface area contributed by atoms with Gasteiger partial charge in [0.1, 0.15) is 6.54 Å². The largest absolute Gasteiger partial charge is 0.355 e. The molecule has 1 aliphatic rings. The Balaban J connectivity index is 1.78. The van der Waals surface area contributed by atoms with Gasteiger partial charge in [-0.3, -0.25) is 9.48 Å². The Morgan fingerprint density at radius 1 is 1.55 bits per heavy atom. The van der Waals surface area contributed by atoms with Crippen LogP contribution in [0, 0.1) is 6.92 Å². The molecule has 1 aliphatic heterocycles. The first kappa shape index (κ1) is 14.6. The molecule has 1 N–H and O–H groups in total. The number of alkyl halides is 2. The summed E-state index contributed by atoms with van der Waals surface area (Å²) in [5, 5.41) is 10.7. The third-order valence-corrected chi connectivity index (χ3v) is 3.57. The van der Waals surface area contributed by atoms with Crippen LogP contribution in [0.25, 0.3) is 11.5 Å². The quantitative estimate of drug-likeness (QED) is 0.925. The first-order valence-corrected chi connectivity index (χ1v) is 6.96. The molecule has 22 heavy (non-hydrogen) atoms. The van der Waals surface area contributed by atoms with Crippen molar-refractivity contribution in [1.82, 2.24) is 25.2 Å². The maximum atomic E-state index is 12.4. The first-order valence-electron chi connectivity index (χ1n) is 6.96. The van der Waals surface area contributed by atoms with Crippen LogP contribution in [0.2, 0.25) is 0 Å². The number of hydrogen-bond donors (Lipinski definition) is 1. The molecule has 1 atom stereocenters. The number of carbonyl (C=O) groups is 1. The van der Waals surface area contributed by atoms with Crippen LogP contribution in [0.3, 0.4) is 0 Å². The van der Waals surface area contributed by atoms with E-state index in [1.54, 1.807) is 6.92 Å². The number of piperidine rings is 1. The van der Waals surface area contributed by atoms with Gasteiger partial charge in [-0.1, -0.05) is 5.16 Å². The summed E-state index contributed by atoms with van der Waals surface area (Å²) in [6, 6.07) is 0. The van der Waals surface area contributed by atoms with E-state index in [-0.39, 0.29) is 17.7 Å². The molecule has 2 aromatic rings. The summed E-state index contributed by atoms with van der Waals surface area (Å²) >= 11 is 0. The number of carbonyl (C=O) groups excluding carboxylic acids is 1. The van der Waals surface area contributed by atoms with Crippen LogP contribution in [-0.4, -0.2) is 38.8 Å². The van der Waals surface area contributed by atoms with Gasteiger partial charge in [0, 0.05) is 25.1 Å². The smallest absolute Gasteiger partial charge is 0.261 e. The minimum Gasteiger partial charge on any atom is -0.355 e. The Bertz CT molecular complexity index is 672. The van der Waals surface area contributed by atoms with Gasteiger partial charge in [0.15, 0.2) is 5.82 Å². The number of hydrogen-bond acceptors (Lipinski definition) is 5. The van der Waals surface area contributed by atoms with Gasteiger partial charge in [-0.05, 0) is 13.3 Å². The Morgan fingerprint density at radius 2 is 2.36 bits per heavy atom. The molecule has 1 amide bonds. The number of rotatable bonds is 4. The third kappa shape index (κ3) is 2.97. The predicted molar refractivity (Wildman–Crippen MR) is 71.2 cm³/mol. The molecular formula is C13H15F2N5O2. The summed E-state index contributed by atoms with van der Waals surface area (Å²) in [4.78, 5) is 15.5. The van der Waals surface area contributed by atoms with Gasteiger partial charge in [-0.25, -0.2) is 8.78 Å². The van der Waals surface area contributed by atoms with Gasteiger partial charge in [0.25, 0.3) is 12.3 Å². The minimum atomic E-state index is -2.48. The van der Waals surface area contributed by atoms with E-state index in [1.807, 2.05) is 0 Å². The highest BCUT2D eigenvalue weighted by Crippen LogP contribution is 2.26. The van der Waals surface area contributed by atoms with Gasteiger partial charge in [-0.2, -0.15) is 10.1 Å². The van der Waals surface area contributed by atoms with Crippen LogP contribution in [0.5, 0.6) is 0 Å². The lowest BCUT2D eigenvalue weighted by molar-refractivity contribution is -0.122. The molecule has 1 saturated heterocycles. The fourth-order valence-corrected chi connectivity index (χ4v) is 2.43. The molecule has 3 rings (SSSR count). The number of nitrogens with zero attached hydrogens (tertiary/aromatic N) is 4. The molecule has 0 bridgehead atoms. The summed E-state index contributed by atoms with van der Waals surface area (Å²) in [6.45, 7) is 1.69.